The number of nitrogens with one attached hydrogen (secondary N) is 1. The highest BCUT2D eigenvalue weighted by atomic mass is 16.6. The van der Waals surface area contributed by atoms with Gasteiger partial charge in [0.25, 0.3) is 5.69 Å². The minimum atomic E-state index is -0.403. The second-order valence-corrected chi connectivity index (χ2v) is 4.66. The van der Waals surface area contributed by atoms with E-state index in [1.807, 2.05) is 12.1 Å². The largest absolute Gasteiger partial charge is 0.398 e. The summed E-state index contributed by atoms with van der Waals surface area (Å²) in [6, 6.07) is 10.4. The van der Waals surface area contributed by atoms with E-state index < -0.39 is 4.92 Å². The molecule has 106 valence electrons. The third kappa shape index (κ3) is 2.14. The molecule has 0 spiro atoms. The molecular weight excluding hydrogens is 270 g/mol. The van der Waals surface area contributed by atoms with Crippen LogP contribution in [0.25, 0.3) is 10.9 Å². The molecule has 0 atom stereocenters. The standard InChI is InChI=1S/C14H13N5O2/c1-9-12(5-3-6-13(9)19(20)21)17-18-14-7-2-4-11(15)10(14)8-16-18/h2-8,17H,15H2,1H3. The lowest BCUT2D eigenvalue weighted by atomic mass is 10.1. The summed E-state index contributed by atoms with van der Waals surface area (Å²) in [4.78, 5) is 12.1. The molecule has 0 radical (unpaired) electrons. The van der Waals surface area contributed by atoms with Gasteiger partial charge in [0.2, 0.25) is 0 Å². The van der Waals surface area contributed by atoms with Crippen LogP contribution in [0.1, 0.15) is 5.56 Å². The molecule has 21 heavy (non-hydrogen) atoms. The van der Waals surface area contributed by atoms with E-state index in [-0.39, 0.29) is 5.69 Å². The fraction of sp³-hybridized carbons (Fsp3) is 0.0714. The third-order valence-electron chi connectivity index (χ3n) is 3.38. The van der Waals surface area contributed by atoms with Crippen molar-refractivity contribution in [2.24, 2.45) is 0 Å². The van der Waals surface area contributed by atoms with Gasteiger partial charge >= 0.3 is 0 Å². The van der Waals surface area contributed by atoms with E-state index in [2.05, 4.69) is 10.5 Å². The number of nitro groups is 1. The zero-order valence-corrected chi connectivity index (χ0v) is 11.3. The van der Waals surface area contributed by atoms with E-state index >= 15 is 0 Å². The summed E-state index contributed by atoms with van der Waals surface area (Å²) in [5.41, 5.74) is 11.6. The van der Waals surface area contributed by atoms with Crippen LogP contribution in [0.15, 0.2) is 42.6 Å². The second-order valence-electron chi connectivity index (χ2n) is 4.66. The number of anilines is 2. The van der Waals surface area contributed by atoms with Gasteiger partial charge in [-0.25, -0.2) is 0 Å². The average molecular weight is 283 g/mol. The first-order chi connectivity index (χ1) is 10.1. The van der Waals surface area contributed by atoms with Crippen LogP contribution in [0.3, 0.4) is 0 Å². The van der Waals surface area contributed by atoms with Crippen LogP contribution in [-0.2, 0) is 0 Å². The lowest BCUT2D eigenvalue weighted by Crippen LogP contribution is -2.12. The van der Waals surface area contributed by atoms with Crippen molar-refractivity contribution in [1.29, 1.82) is 0 Å². The van der Waals surface area contributed by atoms with Gasteiger partial charge in [-0.15, -0.1) is 0 Å². The number of nitro benzene ring substituents is 1. The number of nitrogens with zero attached hydrogens (tertiary/aromatic N) is 3. The SMILES string of the molecule is Cc1c(Nn2ncc3c(N)cccc32)cccc1[N+](=O)[O-]. The van der Waals surface area contributed by atoms with Crippen LogP contribution in [0.5, 0.6) is 0 Å². The van der Waals surface area contributed by atoms with Gasteiger partial charge in [0.15, 0.2) is 0 Å². The Hall–Kier alpha value is -3.09. The first kappa shape index (κ1) is 12.9. The van der Waals surface area contributed by atoms with Gasteiger partial charge in [-0.2, -0.15) is 9.89 Å². The molecule has 2 aromatic carbocycles. The second kappa shape index (κ2) is 4.78. The summed E-state index contributed by atoms with van der Waals surface area (Å²) < 4.78 is 0. The van der Waals surface area contributed by atoms with Gasteiger partial charge < -0.3 is 5.73 Å². The number of aromatic nitrogens is 2. The molecule has 0 saturated carbocycles. The lowest BCUT2D eigenvalue weighted by Gasteiger charge is -2.10. The average Bonchev–Trinajstić information content (AvgIpc) is 2.85. The van der Waals surface area contributed by atoms with E-state index in [1.54, 1.807) is 36.1 Å². The molecule has 0 amide bonds. The first-order valence-corrected chi connectivity index (χ1v) is 6.31. The van der Waals surface area contributed by atoms with Gasteiger partial charge in [0.1, 0.15) is 0 Å². The highest BCUT2D eigenvalue weighted by Gasteiger charge is 2.14. The van der Waals surface area contributed by atoms with Crippen LogP contribution in [0, 0.1) is 17.0 Å². The highest BCUT2D eigenvalue weighted by molar-refractivity contribution is 5.90. The number of fused-ring (bicyclic) bond motifs is 1. The van der Waals surface area contributed by atoms with Crippen molar-refractivity contribution >= 4 is 28.0 Å². The minimum Gasteiger partial charge on any atom is -0.398 e. The van der Waals surface area contributed by atoms with Crippen LogP contribution >= 0.6 is 0 Å². The normalized spacial score (nSPS) is 10.7. The molecule has 0 aliphatic rings. The molecule has 0 unspecified atom stereocenters. The number of rotatable bonds is 3. The predicted molar refractivity (Wildman–Crippen MR) is 81.0 cm³/mol. The third-order valence-corrected chi connectivity index (χ3v) is 3.38. The predicted octanol–water partition coefficient (Wildman–Crippen LogP) is 2.71. The van der Waals surface area contributed by atoms with E-state index in [0.29, 0.717) is 16.9 Å². The Balaban J connectivity index is 2.05. The molecular formula is C14H13N5O2. The number of nitrogen functional groups attached to an aromatic ring is 1. The maximum atomic E-state index is 11.0. The molecule has 7 nitrogen and oxygen atoms in total. The molecule has 3 aromatic rings. The van der Waals surface area contributed by atoms with Gasteiger partial charge in [0.05, 0.1) is 27.9 Å². The molecule has 3 rings (SSSR count). The molecule has 0 bridgehead atoms. The summed E-state index contributed by atoms with van der Waals surface area (Å²) >= 11 is 0. The summed E-state index contributed by atoms with van der Waals surface area (Å²) in [6.45, 7) is 1.69. The highest BCUT2D eigenvalue weighted by Crippen LogP contribution is 2.26. The van der Waals surface area contributed by atoms with Gasteiger partial charge in [0, 0.05) is 17.1 Å². The van der Waals surface area contributed by atoms with Crippen molar-refractivity contribution in [3.63, 3.8) is 0 Å². The minimum absolute atomic E-state index is 0.0657. The number of benzene rings is 2. The summed E-state index contributed by atoms with van der Waals surface area (Å²) in [7, 11) is 0. The van der Waals surface area contributed by atoms with E-state index in [9.17, 15) is 10.1 Å². The first-order valence-electron chi connectivity index (χ1n) is 6.31. The van der Waals surface area contributed by atoms with Crippen LogP contribution in [0.2, 0.25) is 0 Å². The Morgan fingerprint density at radius 3 is 2.81 bits per heavy atom. The fourth-order valence-electron chi connectivity index (χ4n) is 2.22. The summed E-state index contributed by atoms with van der Waals surface area (Å²) in [6.07, 6.45) is 1.66. The van der Waals surface area contributed by atoms with Crippen molar-refractivity contribution in [2.75, 3.05) is 11.2 Å². The van der Waals surface area contributed by atoms with E-state index in [0.717, 1.165) is 10.9 Å². The lowest BCUT2D eigenvalue weighted by molar-refractivity contribution is -0.385. The van der Waals surface area contributed by atoms with E-state index in [4.69, 9.17) is 5.73 Å². The van der Waals surface area contributed by atoms with Crippen molar-refractivity contribution in [3.8, 4) is 0 Å². The molecule has 3 N–H and O–H groups in total. The Morgan fingerprint density at radius 1 is 1.29 bits per heavy atom. The summed E-state index contributed by atoms with van der Waals surface area (Å²) in [5, 5.41) is 16.0. The Bertz CT molecular complexity index is 840. The maximum absolute atomic E-state index is 11.0. The molecule has 0 fully saturated rings. The fourth-order valence-corrected chi connectivity index (χ4v) is 2.22. The number of nitrogens with two attached hydrogens (primary N) is 1. The topological polar surface area (TPSA) is 99.0 Å². The Morgan fingerprint density at radius 2 is 2.05 bits per heavy atom. The molecule has 0 aliphatic carbocycles. The van der Waals surface area contributed by atoms with Gasteiger partial charge in [-0.3, -0.25) is 15.5 Å². The molecule has 1 aromatic heterocycles. The van der Waals surface area contributed by atoms with Crippen LogP contribution < -0.4 is 11.2 Å². The summed E-state index contributed by atoms with van der Waals surface area (Å²) in [5.74, 6) is 0. The quantitative estimate of drug-likeness (QED) is 0.437. The number of hydrogen-bond acceptors (Lipinski definition) is 5. The van der Waals surface area contributed by atoms with Gasteiger partial charge in [-0.05, 0) is 25.1 Å². The van der Waals surface area contributed by atoms with Crippen molar-refractivity contribution in [1.82, 2.24) is 9.89 Å². The molecule has 0 saturated heterocycles. The van der Waals surface area contributed by atoms with Crippen molar-refractivity contribution < 1.29 is 4.92 Å². The zero-order chi connectivity index (χ0) is 15.0. The zero-order valence-electron chi connectivity index (χ0n) is 11.3. The Kier molecular flexibility index (Phi) is 2.94. The van der Waals surface area contributed by atoms with Crippen molar-refractivity contribution in [2.45, 2.75) is 6.92 Å². The maximum Gasteiger partial charge on any atom is 0.274 e. The van der Waals surface area contributed by atoms with Crippen LogP contribution in [-0.4, -0.2) is 14.8 Å². The van der Waals surface area contributed by atoms with Crippen molar-refractivity contribution in [3.05, 3.63) is 58.3 Å². The molecule has 7 heteroatoms. The molecule has 1 heterocycles. The number of hydrogen-bond donors (Lipinski definition) is 2. The van der Waals surface area contributed by atoms with Gasteiger partial charge in [-0.1, -0.05) is 12.1 Å². The van der Waals surface area contributed by atoms with Crippen LogP contribution in [0.4, 0.5) is 17.1 Å². The van der Waals surface area contributed by atoms with E-state index in [1.165, 1.54) is 6.07 Å². The smallest absolute Gasteiger partial charge is 0.274 e. The Labute approximate surface area is 120 Å². The monoisotopic (exact) mass is 283 g/mol. The molecule has 0 aliphatic heterocycles.